The molecule has 8 heteroatoms. The second-order valence-corrected chi connectivity index (χ2v) is 1.34. The summed E-state index contributed by atoms with van der Waals surface area (Å²) in [5.74, 6) is 0. The first-order chi connectivity index (χ1) is 2.00. The second-order valence-electron chi connectivity index (χ2n) is 0.447. The van der Waals surface area contributed by atoms with E-state index in [1.807, 2.05) is 0 Å². The third-order valence-corrected chi connectivity index (χ3v) is 0. The van der Waals surface area contributed by atoms with Crippen LogP contribution in [0.15, 0.2) is 0 Å². The normalized spacial score (nSPS) is 7.38. The van der Waals surface area contributed by atoms with Crippen LogP contribution in [-0.4, -0.2) is 43.2 Å². The molecular formula is HCaFeO5P. The van der Waals surface area contributed by atoms with Crippen molar-refractivity contribution in [2.45, 2.75) is 0 Å². The summed E-state index contributed by atoms with van der Waals surface area (Å²) in [5.41, 5.74) is 0. The molecular weight excluding hydrogens is 207 g/mol. The Balaban J connectivity index is -0.0000000267. The van der Waals surface area contributed by atoms with Crippen LogP contribution in [-0.2, 0) is 21.6 Å². The summed E-state index contributed by atoms with van der Waals surface area (Å²) in [4.78, 5) is 25.6. The minimum Gasteiger partial charge on any atom is -0.870 e. The molecule has 0 heterocycles. The van der Waals surface area contributed by atoms with Gasteiger partial charge in [0, 0.05) is 0 Å². The Bertz CT molecular complexity index is 58.6. The summed E-state index contributed by atoms with van der Waals surface area (Å²) < 4.78 is 8.55. The van der Waals surface area contributed by atoms with Gasteiger partial charge in [0.05, 0.1) is 0 Å². The van der Waals surface area contributed by atoms with E-state index in [0.717, 1.165) is 0 Å². The fourth-order valence-corrected chi connectivity index (χ4v) is 0. The Morgan fingerprint density at radius 3 is 1.12 bits per heavy atom. The molecule has 46 valence electrons. The van der Waals surface area contributed by atoms with E-state index in [2.05, 4.69) is 0 Å². The third-order valence-electron chi connectivity index (χ3n) is 0. The topological polar surface area (TPSA) is 116 Å². The average molecular weight is 208 g/mol. The van der Waals surface area contributed by atoms with Crippen molar-refractivity contribution in [2.24, 2.45) is 0 Å². The van der Waals surface area contributed by atoms with Crippen molar-refractivity contribution in [1.29, 1.82) is 0 Å². The first-order valence-electron chi connectivity index (χ1n) is 0.730. The predicted octanol–water partition coefficient (Wildman–Crippen LogP) is -3.38. The molecule has 0 rings (SSSR count). The molecule has 0 saturated carbocycles. The Morgan fingerprint density at radius 2 is 1.12 bits per heavy atom. The van der Waals surface area contributed by atoms with Gasteiger partial charge in [0.2, 0.25) is 0 Å². The van der Waals surface area contributed by atoms with E-state index in [1.54, 1.807) is 0 Å². The summed E-state index contributed by atoms with van der Waals surface area (Å²) in [6, 6.07) is 0. The molecule has 0 aliphatic heterocycles. The van der Waals surface area contributed by atoms with E-state index in [9.17, 15) is 0 Å². The minimum absolute atomic E-state index is 0. The van der Waals surface area contributed by atoms with Crippen LogP contribution < -0.4 is 14.7 Å². The first kappa shape index (κ1) is 22.5. The SMILES string of the molecule is O=P([O-])([O-])[O-].[Ca+2].[Fe+2].[OH-]. The summed E-state index contributed by atoms with van der Waals surface area (Å²) >= 11 is 0. The number of rotatable bonds is 0. The Labute approximate surface area is 86.5 Å². The van der Waals surface area contributed by atoms with Gasteiger partial charge in [-0.25, -0.2) is 0 Å². The fourth-order valence-electron chi connectivity index (χ4n) is 0. The molecule has 0 atom stereocenters. The largest absolute Gasteiger partial charge is 2.00 e. The van der Waals surface area contributed by atoms with Crippen LogP contribution >= 0.6 is 7.82 Å². The molecule has 0 fully saturated rings. The third kappa shape index (κ3) is 108. The summed E-state index contributed by atoms with van der Waals surface area (Å²) in [5, 5.41) is 0. The molecule has 0 unspecified atom stereocenters. The molecule has 0 aromatic rings. The monoisotopic (exact) mass is 208 g/mol. The van der Waals surface area contributed by atoms with Crippen LogP contribution in [0.1, 0.15) is 0 Å². The van der Waals surface area contributed by atoms with Crippen molar-refractivity contribution in [2.75, 3.05) is 0 Å². The van der Waals surface area contributed by atoms with E-state index in [4.69, 9.17) is 19.2 Å². The van der Waals surface area contributed by atoms with Crippen LogP contribution in [0.5, 0.6) is 0 Å². The maximum Gasteiger partial charge on any atom is 2.00 e. The zero-order chi connectivity index (χ0) is 4.50. The van der Waals surface area contributed by atoms with Gasteiger partial charge in [0.25, 0.3) is 0 Å². The number of phosphoric acid groups is 1. The maximum atomic E-state index is 8.55. The molecule has 0 aromatic heterocycles. The molecule has 0 aliphatic rings. The quantitative estimate of drug-likeness (QED) is 0.304. The molecule has 0 bridgehead atoms. The van der Waals surface area contributed by atoms with Crippen molar-refractivity contribution in [3.05, 3.63) is 0 Å². The van der Waals surface area contributed by atoms with E-state index < -0.39 is 7.82 Å². The van der Waals surface area contributed by atoms with Crippen molar-refractivity contribution in [3.8, 4) is 0 Å². The van der Waals surface area contributed by atoms with Gasteiger partial charge in [-0.3, -0.25) is 0 Å². The molecule has 1 N–H and O–H groups in total. The van der Waals surface area contributed by atoms with Gasteiger partial charge in [0.15, 0.2) is 0 Å². The van der Waals surface area contributed by atoms with E-state index in [1.165, 1.54) is 0 Å². The van der Waals surface area contributed by atoms with E-state index in [0.29, 0.717) is 0 Å². The minimum atomic E-state index is -5.39. The molecule has 8 heavy (non-hydrogen) atoms. The van der Waals surface area contributed by atoms with Gasteiger partial charge >= 0.3 is 54.8 Å². The van der Waals surface area contributed by atoms with Crippen LogP contribution in [0.3, 0.4) is 0 Å². The number of hydrogen-bond donors (Lipinski definition) is 0. The fraction of sp³-hybridized carbons (Fsp3) is 0. The molecule has 0 spiro atoms. The van der Waals surface area contributed by atoms with Crippen LogP contribution in [0.2, 0.25) is 0 Å². The van der Waals surface area contributed by atoms with Gasteiger partial charge in [-0.05, 0) is 0 Å². The summed E-state index contributed by atoms with van der Waals surface area (Å²) in [7, 11) is -5.39. The molecule has 0 aliphatic carbocycles. The van der Waals surface area contributed by atoms with Gasteiger partial charge in [0.1, 0.15) is 0 Å². The van der Waals surface area contributed by atoms with Crippen LogP contribution in [0, 0.1) is 0 Å². The Morgan fingerprint density at radius 1 is 1.12 bits per heavy atom. The van der Waals surface area contributed by atoms with E-state index in [-0.39, 0.29) is 60.3 Å². The zero-order valence-electron chi connectivity index (χ0n) is 3.59. The van der Waals surface area contributed by atoms with Gasteiger partial charge < -0.3 is 24.7 Å². The molecule has 0 amide bonds. The Kier molecular flexibility index (Phi) is 24.9. The van der Waals surface area contributed by atoms with E-state index >= 15 is 0 Å². The van der Waals surface area contributed by atoms with Crippen molar-refractivity contribution >= 4 is 45.6 Å². The molecule has 0 aromatic carbocycles. The second kappa shape index (κ2) is 8.85. The predicted molar refractivity (Wildman–Crippen MR) is 15.3 cm³/mol. The van der Waals surface area contributed by atoms with Crippen molar-refractivity contribution < 1.29 is 41.8 Å². The first-order valence-corrected chi connectivity index (χ1v) is 2.19. The van der Waals surface area contributed by atoms with Crippen molar-refractivity contribution in [1.82, 2.24) is 0 Å². The van der Waals surface area contributed by atoms with Gasteiger partial charge in [-0.15, -0.1) is 0 Å². The summed E-state index contributed by atoms with van der Waals surface area (Å²) in [6.07, 6.45) is 0. The Hall–Kier alpha value is 1.85. The zero-order valence-corrected chi connectivity index (χ0v) is 7.80. The average Bonchev–Trinajstić information content (AvgIpc) is 0.722. The summed E-state index contributed by atoms with van der Waals surface area (Å²) in [6.45, 7) is 0. The van der Waals surface area contributed by atoms with Gasteiger partial charge in [-0.2, -0.15) is 7.82 Å². The maximum absolute atomic E-state index is 8.55. The van der Waals surface area contributed by atoms with Crippen LogP contribution in [0.25, 0.3) is 0 Å². The van der Waals surface area contributed by atoms with Crippen LogP contribution in [0.4, 0.5) is 0 Å². The molecule has 0 saturated heterocycles. The smallest absolute Gasteiger partial charge is 0.870 e. The van der Waals surface area contributed by atoms with Crippen molar-refractivity contribution in [3.63, 3.8) is 0 Å². The number of hydrogen-bond acceptors (Lipinski definition) is 5. The standard InChI is InChI=1S/Ca.Fe.H3O4P.H2O/c;;1-5(2,3)4;/h;;(H3,1,2,3,4);1H2/q2*+2;;/p-4. The molecule has 0 radical (unpaired) electrons. The van der Waals surface area contributed by atoms with Gasteiger partial charge in [-0.1, -0.05) is 0 Å². The molecule has 5 nitrogen and oxygen atoms in total.